The molecule has 2 aromatic rings. The van der Waals surface area contributed by atoms with E-state index in [0.29, 0.717) is 6.54 Å². The van der Waals surface area contributed by atoms with Gasteiger partial charge in [-0.3, -0.25) is 14.4 Å². The summed E-state index contributed by atoms with van der Waals surface area (Å²) in [5.74, 6) is 0. The van der Waals surface area contributed by atoms with Crippen molar-refractivity contribution >= 4 is 21.4 Å². The van der Waals surface area contributed by atoms with Crippen molar-refractivity contribution in [3.63, 3.8) is 0 Å². The topological polar surface area (TPSA) is 104 Å². The quantitative estimate of drug-likeness (QED) is 0.534. The van der Waals surface area contributed by atoms with Gasteiger partial charge in [0.25, 0.3) is 15.7 Å². The first-order valence-electron chi connectivity index (χ1n) is 9.10. The maximum absolute atomic E-state index is 13.2. The zero-order valence-electron chi connectivity index (χ0n) is 15.3. The van der Waals surface area contributed by atoms with Gasteiger partial charge in [0.2, 0.25) is 0 Å². The molecule has 150 valence electrons. The lowest BCUT2D eigenvalue weighted by Gasteiger charge is -2.28. The number of benzene rings is 2. The molecular formula is C19H23N3O5S. The van der Waals surface area contributed by atoms with Gasteiger partial charge in [-0.15, -0.1) is 0 Å². The fourth-order valence-corrected chi connectivity index (χ4v) is 4.85. The van der Waals surface area contributed by atoms with Crippen LogP contribution < -0.4 is 4.31 Å². The molecule has 0 aromatic heterocycles. The molecule has 0 amide bonds. The molecule has 2 aromatic carbocycles. The van der Waals surface area contributed by atoms with Gasteiger partial charge in [-0.05, 0) is 44.1 Å². The molecule has 1 fully saturated rings. The number of aliphatic hydroxyl groups excluding tert-OH is 1. The molecule has 1 aliphatic rings. The Labute approximate surface area is 164 Å². The highest BCUT2D eigenvalue weighted by Gasteiger charge is 2.29. The van der Waals surface area contributed by atoms with E-state index < -0.39 is 21.1 Å². The van der Waals surface area contributed by atoms with Crippen LogP contribution in [-0.2, 0) is 10.0 Å². The van der Waals surface area contributed by atoms with Gasteiger partial charge in [-0.1, -0.05) is 24.3 Å². The van der Waals surface area contributed by atoms with Gasteiger partial charge in [0.05, 0.1) is 28.2 Å². The minimum atomic E-state index is -3.99. The Morgan fingerprint density at radius 1 is 1.11 bits per heavy atom. The number of sulfonamides is 1. The van der Waals surface area contributed by atoms with Gasteiger partial charge >= 0.3 is 0 Å². The van der Waals surface area contributed by atoms with E-state index in [1.165, 1.54) is 36.4 Å². The third-order valence-corrected chi connectivity index (χ3v) is 6.51. The number of hydrogen-bond donors (Lipinski definition) is 1. The van der Waals surface area contributed by atoms with Gasteiger partial charge in [0, 0.05) is 18.7 Å². The Balaban J connectivity index is 1.93. The van der Waals surface area contributed by atoms with E-state index in [9.17, 15) is 23.6 Å². The summed E-state index contributed by atoms with van der Waals surface area (Å²) < 4.78 is 27.5. The fourth-order valence-electron chi connectivity index (χ4n) is 3.34. The van der Waals surface area contributed by atoms with Crippen molar-refractivity contribution in [2.75, 3.05) is 30.5 Å². The highest BCUT2D eigenvalue weighted by Crippen LogP contribution is 2.27. The summed E-state index contributed by atoms with van der Waals surface area (Å²) in [5.41, 5.74) is -0.0571. The van der Waals surface area contributed by atoms with Gasteiger partial charge in [-0.25, -0.2) is 8.42 Å². The molecule has 1 aliphatic heterocycles. The number of nitro benzene ring substituents is 1. The van der Waals surface area contributed by atoms with E-state index in [2.05, 4.69) is 4.90 Å². The number of β-amino-alcohol motifs (C(OH)–C–C–N with tert-alkyl or cyclic N) is 1. The molecule has 1 atom stereocenters. The van der Waals surface area contributed by atoms with Crippen LogP contribution >= 0.6 is 0 Å². The summed E-state index contributed by atoms with van der Waals surface area (Å²) in [6.07, 6.45) is 1.20. The molecule has 3 rings (SSSR count). The molecule has 0 bridgehead atoms. The van der Waals surface area contributed by atoms with Crippen molar-refractivity contribution in [1.29, 1.82) is 0 Å². The van der Waals surface area contributed by atoms with Crippen LogP contribution in [0.4, 0.5) is 11.4 Å². The molecule has 0 radical (unpaired) electrons. The van der Waals surface area contributed by atoms with Crippen molar-refractivity contribution < 1.29 is 18.4 Å². The van der Waals surface area contributed by atoms with Crippen molar-refractivity contribution in [3.05, 3.63) is 64.7 Å². The predicted octanol–water partition coefficient (Wildman–Crippen LogP) is 2.25. The molecule has 1 saturated heterocycles. The van der Waals surface area contributed by atoms with E-state index in [0.717, 1.165) is 30.2 Å². The molecule has 9 heteroatoms. The molecule has 0 unspecified atom stereocenters. The molecule has 28 heavy (non-hydrogen) atoms. The minimum absolute atomic E-state index is 0.0647. The molecule has 0 saturated carbocycles. The smallest absolute Gasteiger partial charge is 0.271 e. The monoisotopic (exact) mass is 405 g/mol. The summed E-state index contributed by atoms with van der Waals surface area (Å²) in [7, 11) is -3.99. The number of non-ortho nitro benzene ring substituents is 1. The average Bonchev–Trinajstić information content (AvgIpc) is 3.19. The highest BCUT2D eigenvalue weighted by molar-refractivity contribution is 7.92. The second-order valence-corrected chi connectivity index (χ2v) is 8.65. The second kappa shape index (κ2) is 8.68. The van der Waals surface area contributed by atoms with Crippen LogP contribution in [0, 0.1) is 10.1 Å². The van der Waals surface area contributed by atoms with E-state index in [-0.39, 0.29) is 22.8 Å². The van der Waals surface area contributed by atoms with Crippen molar-refractivity contribution in [2.45, 2.75) is 23.8 Å². The van der Waals surface area contributed by atoms with Crippen LogP contribution in [0.2, 0.25) is 0 Å². The van der Waals surface area contributed by atoms with Gasteiger partial charge in [0.1, 0.15) is 0 Å². The SMILES string of the molecule is O=[N+]([O-])c1cccc(N(C[C@H](O)CN2CCCC2)S(=O)(=O)c2ccccc2)c1. The van der Waals surface area contributed by atoms with E-state index >= 15 is 0 Å². The first-order valence-corrected chi connectivity index (χ1v) is 10.5. The predicted molar refractivity (Wildman–Crippen MR) is 106 cm³/mol. The number of anilines is 1. The van der Waals surface area contributed by atoms with Crippen LogP contribution in [-0.4, -0.2) is 55.6 Å². The first-order chi connectivity index (χ1) is 13.4. The van der Waals surface area contributed by atoms with Crippen LogP contribution in [0.15, 0.2) is 59.5 Å². The molecule has 0 spiro atoms. The minimum Gasteiger partial charge on any atom is -0.390 e. The molecule has 1 heterocycles. The standard InChI is InChI=1S/C19H23N3O5S/c23-18(14-20-11-4-5-12-20)15-21(16-7-6-8-17(13-16)22(24)25)28(26,27)19-9-2-1-3-10-19/h1-3,6-10,13,18,23H,4-5,11-12,14-15H2/t18-/m1/s1. The summed E-state index contributed by atoms with van der Waals surface area (Å²) >= 11 is 0. The summed E-state index contributed by atoms with van der Waals surface area (Å²) in [6.45, 7) is 1.92. The number of nitrogens with zero attached hydrogens (tertiary/aromatic N) is 3. The lowest BCUT2D eigenvalue weighted by Crippen LogP contribution is -2.42. The third-order valence-electron chi connectivity index (χ3n) is 4.70. The lowest BCUT2D eigenvalue weighted by molar-refractivity contribution is -0.384. The fraction of sp³-hybridized carbons (Fsp3) is 0.368. The Morgan fingerprint density at radius 3 is 2.43 bits per heavy atom. The van der Waals surface area contributed by atoms with Gasteiger partial charge in [-0.2, -0.15) is 0 Å². The zero-order valence-corrected chi connectivity index (χ0v) is 16.2. The normalized spacial score (nSPS) is 16.0. The molecule has 8 nitrogen and oxygen atoms in total. The van der Waals surface area contributed by atoms with Crippen molar-refractivity contribution in [2.24, 2.45) is 0 Å². The summed E-state index contributed by atoms with van der Waals surface area (Å²) in [4.78, 5) is 12.7. The van der Waals surface area contributed by atoms with Crippen LogP contribution in [0.3, 0.4) is 0 Å². The second-order valence-electron chi connectivity index (χ2n) is 6.79. The maximum Gasteiger partial charge on any atom is 0.271 e. The summed E-state index contributed by atoms with van der Waals surface area (Å²) in [5, 5.41) is 21.7. The number of likely N-dealkylation sites (tertiary alicyclic amines) is 1. The lowest BCUT2D eigenvalue weighted by atomic mass is 10.2. The van der Waals surface area contributed by atoms with E-state index in [4.69, 9.17) is 0 Å². The first kappa shape index (κ1) is 20.2. The maximum atomic E-state index is 13.2. The van der Waals surface area contributed by atoms with Crippen molar-refractivity contribution in [3.8, 4) is 0 Å². The van der Waals surface area contributed by atoms with Gasteiger partial charge < -0.3 is 10.0 Å². The van der Waals surface area contributed by atoms with E-state index in [1.54, 1.807) is 18.2 Å². The summed E-state index contributed by atoms with van der Waals surface area (Å²) in [6, 6.07) is 13.3. The Kier molecular flexibility index (Phi) is 6.28. The Bertz CT molecular complexity index is 914. The zero-order chi connectivity index (χ0) is 20.1. The Hall–Kier alpha value is -2.49. The Morgan fingerprint density at radius 2 is 1.79 bits per heavy atom. The third kappa shape index (κ3) is 4.67. The highest BCUT2D eigenvalue weighted by atomic mass is 32.2. The molecule has 0 aliphatic carbocycles. The largest absolute Gasteiger partial charge is 0.390 e. The molecule has 1 N–H and O–H groups in total. The average molecular weight is 405 g/mol. The van der Waals surface area contributed by atoms with E-state index in [1.807, 2.05) is 0 Å². The number of nitro groups is 1. The number of aliphatic hydroxyl groups is 1. The van der Waals surface area contributed by atoms with Crippen LogP contribution in [0.1, 0.15) is 12.8 Å². The van der Waals surface area contributed by atoms with Crippen molar-refractivity contribution in [1.82, 2.24) is 4.90 Å². The van der Waals surface area contributed by atoms with Crippen LogP contribution in [0.5, 0.6) is 0 Å². The van der Waals surface area contributed by atoms with Gasteiger partial charge in [0.15, 0.2) is 0 Å². The number of hydrogen-bond acceptors (Lipinski definition) is 6. The number of rotatable bonds is 8. The molecular weight excluding hydrogens is 382 g/mol. The van der Waals surface area contributed by atoms with Crippen LogP contribution in [0.25, 0.3) is 0 Å².